The van der Waals surface area contributed by atoms with E-state index in [2.05, 4.69) is 10.5 Å². The minimum absolute atomic E-state index is 0.0988. The second kappa shape index (κ2) is 6.60. The highest BCUT2D eigenvalue weighted by Gasteiger charge is 2.39. The largest absolute Gasteiger partial charge is 0.494 e. The number of carbonyl (C=O) groups excluding carboxylic acids is 1. The van der Waals surface area contributed by atoms with Gasteiger partial charge in [0.2, 0.25) is 5.76 Å². The van der Waals surface area contributed by atoms with Gasteiger partial charge >= 0.3 is 0 Å². The Balaban J connectivity index is 1.97. The number of methoxy groups -OCH3 is 1. The third-order valence-corrected chi connectivity index (χ3v) is 4.25. The predicted molar refractivity (Wildman–Crippen MR) is 83.4 cm³/mol. The lowest BCUT2D eigenvalue weighted by Gasteiger charge is -2.38. The SMILES string of the molecule is COc1cccc(C2(NC(=O)c3cc(C)no3)CCOCC2)c1F. The average molecular weight is 334 g/mol. The van der Waals surface area contributed by atoms with Gasteiger partial charge < -0.3 is 19.3 Å². The van der Waals surface area contributed by atoms with E-state index in [1.54, 1.807) is 31.2 Å². The normalized spacial score (nSPS) is 16.6. The summed E-state index contributed by atoms with van der Waals surface area (Å²) in [6.07, 6.45) is 0.909. The van der Waals surface area contributed by atoms with E-state index in [0.29, 0.717) is 37.3 Å². The molecule has 1 aromatic heterocycles. The molecule has 1 N–H and O–H groups in total. The van der Waals surface area contributed by atoms with Crippen molar-refractivity contribution < 1.29 is 23.2 Å². The summed E-state index contributed by atoms with van der Waals surface area (Å²) >= 11 is 0. The average Bonchev–Trinajstić information content (AvgIpc) is 3.02. The number of hydrogen-bond acceptors (Lipinski definition) is 5. The second-order valence-electron chi connectivity index (χ2n) is 5.80. The van der Waals surface area contributed by atoms with Crippen LogP contribution in [0, 0.1) is 12.7 Å². The lowest BCUT2D eigenvalue weighted by Crippen LogP contribution is -2.50. The fourth-order valence-electron chi connectivity index (χ4n) is 2.97. The van der Waals surface area contributed by atoms with Crippen LogP contribution in [0.3, 0.4) is 0 Å². The number of carbonyl (C=O) groups is 1. The zero-order valence-electron chi connectivity index (χ0n) is 13.6. The zero-order valence-corrected chi connectivity index (χ0v) is 13.6. The Bertz CT molecular complexity index is 738. The number of aryl methyl sites for hydroxylation is 1. The van der Waals surface area contributed by atoms with Gasteiger partial charge in [0.05, 0.1) is 18.3 Å². The number of hydrogen-bond donors (Lipinski definition) is 1. The molecule has 24 heavy (non-hydrogen) atoms. The molecule has 128 valence electrons. The van der Waals surface area contributed by atoms with E-state index in [9.17, 15) is 9.18 Å². The summed E-state index contributed by atoms with van der Waals surface area (Å²) in [5, 5.41) is 6.64. The van der Waals surface area contributed by atoms with Crippen LogP contribution >= 0.6 is 0 Å². The van der Waals surface area contributed by atoms with Crippen molar-refractivity contribution in [1.82, 2.24) is 10.5 Å². The van der Waals surface area contributed by atoms with Crippen molar-refractivity contribution in [2.24, 2.45) is 0 Å². The molecule has 7 heteroatoms. The summed E-state index contributed by atoms with van der Waals surface area (Å²) in [4.78, 5) is 12.5. The van der Waals surface area contributed by atoms with Crippen LogP contribution in [-0.4, -0.2) is 31.4 Å². The number of rotatable bonds is 4. The Morgan fingerprint density at radius 3 is 2.75 bits per heavy atom. The van der Waals surface area contributed by atoms with E-state index < -0.39 is 17.3 Å². The van der Waals surface area contributed by atoms with Crippen molar-refractivity contribution in [2.75, 3.05) is 20.3 Å². The van der Waals surface area contributed by atoms with E-state index in [-0.39, 0.29) is 11.5 Å². The van der Waals surface area contributed by atoms with Crippen LogP contribution in [0.2, 0.25) is 0 Å². The molecule has 3 rings (SSSR count). The molecule has 1 saturated heterocycles. The van der Waals surface area contributed by atoms with Crippen molar-refractivity contribution in [1.29, 1.82) is 0 Å². The summed E-state index contributed by atoms with van der Waals surface area (Å²) in [6.45, 7) is 2.57. The number of amides is 1. The first-order valence-electron chi connectivity index (χ1n) is 7.72. The highest BCUT2D eigenvalue weighted by atomic mass is 19.1. The van der Waals surface area contributed by atoms with E-state index in [1.165, 1.54) is 7.11 Å². The maximum absolute atomic E-state index is 14.8. The smallest absolute Gasteiger partial charge is 0.290 e. The van der Waals surface area contributed by atoms with Crippen LogP contribution in [0.15, 0.2) is 28.8 Å². The summed E-state index contributed by atoms with van der Waals surface area (Å²) in [5.41, 5.74) is 0.109. The monoisotopic (exact) mass is 334 g/mol. The molecule has 2 aromatic rings. The molecule has 0 atom stereocenters. The number of nitrogens with zero attached hydrogens (tertiary/aromatic N) is 1. The van der Waals surface area contributed by atoms with Crippen LogP contribution in [-0.2, 0) is 10.3 Å². The Morgan fingerprint density at radius 1 is 1.38 bits per heavy atom. The van der Waals surface area contributed by atoms with Gasteiger partial charge in [-0.2, -0.15) is 0 Å². The standard InChI is InChI=1S/C17H19FN2O4/c1-11-10-14(24-20-11)16(21)19-17(6-8-23-9-7-17)12-4-3-5-13(22-2)15(12)18/h3-5,10H,6-9H2,1-2H3,(H,19,21). The first kappa shape index (κ1) is 16.4. The first-order valence-corrected chi connectivity index (χ1v) is 7.72. The molecule has 1 aliphatic rings. The van der Waals surface area contributed by atoms with Gasteiger partial charge in [0.25, 0.3) is 5.91 Å². The van der Waals surface area contributed by atoms with Gasteiger partial charge in [0.1, 0.15) is 0 Å². The maximum atomic E-state index is 14.8. The number of ether oxygens (including phenoxy) is 2. The predicted octanol–water partition coefficient (Wildman–Crippen LogP) is 2.57. The van der Waals surface area contributed by atoms with Gasteiger partial charge in [-0.05, 0) is 25.8 Å². The van der Waals surface area contributed by atoms with Crippen LogP contribution < -0.4 is 10.1 Å². The van der Waals surface area contributed by atoms with Crippen LogP contribution in [0.4, 0.5) is 4.39 Å². The summed E-state index contributed by atoms with van der Waals surface area (Å²) < 4.78 is 30.3. The fourth-order valence-corrected chi connectivity index (χ4v) is 2.97. The quantitative estimate of drug-likeness (QED) is 0.930. The van der Waals surface area contributed by atoms with E-state index in [4.69, 9.17) is 14.0 Å². The highest BCUT2D eigenvalue weighted by Crippen LogP contribution is 2.36. The number of benzene rings is 1. The maximum Gasteiger partial charge on any atom is 0.290 e. The van der Waals surface area contributed by atoms with E-state index in [0.717, 1.165) is 0 Å². The Kier molecular flexibility index (Phi) is 4.53. The second-order valence-corrected chi connectivity index (χ2v) is 5.80. The molecule has 0 aliphatic carbocycles. The van der Waals surface area contributed by atoms with E-state index in [1.807, 2.05) is 0 Å². The number of halogens is 1. The first-order chi connectivity index (χ1) is 11.6. The van der Waals surface area contributed by atoms with Crippen molar-refractivity contribution in [3.8, 4) is 5.75 Å². The minimum atomic E-state index is -0.880. The molecule has 0 bridgehead atoms. The topological polar surface area (TPSA) is 73.6 Å². The third kappa shape index (κ3) is 2.99. The molecular formula is C17H19FN2O4. The molecular weight excluding hydrogens is 315 g/mol. The van der Waals surface area contributed by atoms with Gasteiger partial charge in [-0.15, -0.1) is 0 Å². The van der Waals surface area contributed by atoms with Crippen molar-refractivity contribution in [2.45, 2.75) is 25.3 Å². The molecule has 0 unspecified atom stereocenters. The number of nitrogens with one attached hydrogen (secondary N) is 1. The molecule has 0 spiro atoms. The third-order valence-electron chi connectivity index (χ3n) is 4.25. The van der Waals surface area contributed by atoms with Gasteiger partial charge in [-0.1, -0.05) is 17.3 Å². The van der Waals surface area contributed by atoms with Crippen LogP contribution in [0.1, 0.15) is 34.7 Å². The zero-order chi connectivity index (χ0) is 17.2. The molecule has 2 heterocycles. The Hall–Kier alpha value is -2.41. The summed E-state index contributed by atoms with van der Waals surface area (Å²) in [7, 11) is 1.41. The molecule has 1 fully saturated rings. The molecule has 0 saturated carbocycles. The van der Waals surface area contributed by atoms with Gasteiger partial charge in [-0.3, -0.25) is 4.79 Å². The fraction of sp³-hybridized carbons (Fsp3) is 0.412. The lowest BCUT2D eigenvalue weighted by atomic mass is 9.82. The van der Waals surface area contributed by atoms with Gasteiger partial charge in [0.15, 0.2) is 11.6 Å². The van der Waals surface area contributed by atoms with E-state index >= 15 is 0 Å². The Morgan fingerprint density at radius 2 is 2.12 bits per heavy atom. The van der Waals surface area contributed by atoms with Crippen molar-refractivity contribution in [3.63, 3.8) is 0 Å². The summed E-state index contributed by atoms with van der Waals surface area (Å²) in [6, 6.07) is 6.46. The highest BCUT2D eigenvalue weighted by molar-refractivity contribution is 5.92. The van der Waals surface area contributed by atoms with Crippen molar-refractivity contribution in [3.05, 3.63) is 47.1 Å². The molecule has 0 radical (unpaired) electrons. The number of aromatic nitrogens is 1. The molecule has 1 aliphatic heterocycles. The van der Waals surface area contributed by atoms with Gasteiger partial charge in [0, 0.05) is 24.8 Å². The van der Waals surface area contributed by atoms with Gasteiger partial charge in [-0.25, -0.2) is 4.39 Å². The minimum Gasteiger partial charge on any atom is -0.494 e. The summed E-state index contributed by atoms with van der Waals surface area (Å²) in [5.74, 6) is -0.666. The van der Waals surface area contributed by atoms with Crippen LogP contribution in [0.5, 0.6) is 5.75 Å². The molecule has 1 aromatic carbocycles. The lowest BCUT2D eigenvalue weighted by molar-refractivity contribution is 0.0322. The molecule has 1 amide bonds. The van der Waals surface area contributed by atoms with Crippen molar-refractivity contribution >= 4 is 5.91 Å². The Labute approximate surface area is 138 Å². The van der Waals surface area contributed by atoms with Crippen LogP contribution in [0.25, 0.3) is 0 Å². The molecule has 6 nitrogen and oxygen atoms in total.